The second-order valence-corrected chi connectivity index (χ2v) is 5.76. The number of aromatic nitrogens is 1. The van der Waals surface area contributed by atoms with E-state index in [9.17, 15) is 4.79 Å². The van der Waals surface area contributed by atoms with E-state index in [0.29, 0.717) is 11.0 Å². The number of hydrogen-bond donors (Lipinski definition) is 0. The molecular weight excluding hydrogens is 230 g/mol. The second kappa shape index (κ2) is 5.32. The smallest absolute Gasteiger partial charge is 0.174 e. The fourth-order valence-corrected chi connectivity index (χ4v) is 2.30. The van der Waals surface area contributed by atoms with Gasteiger partial charge in [-0.3, -0.25) is 9.78 Å². The lowest BCUT2D eigenvalue weighted by atomic mass is 10.1. The van der Waals surface area contributed by atoms with Gasteiger partial charge in [0.25, 0.3) is 0 Å². The van der Waals surface area contributed by atoms with Crippen LogP contribution in [0.25, 0.3) is 10.8 Å². The molecule has 0 bridgehead atoms. The van der Waals surface area contributed by atoms with Crippen molar-refractivity contribution in [3.05, 3.63) is 42.2 Å². The van der Waals surface area contributed by atoms with Crippen LogP contribution >= 0.6 is 11.8 Å². The molecule has 0 amide bonds. The molecule has 2 nitrogen and oxygen atoms in total. The average molecular weight is 245 g/mol. The lowest BCUT2D eigenvalue weighted by Gasteiger charge is -2.06. The SMILES string of the molecule is CC(C)SCC(=O)c1cncc2ccccc12. The second-order valence-electron chi connectivity index (χ2n) is 4.19. The fraction of sp³-hybridized carbons (Fsp3) is 0.286. The number of fused-ring (bicyclic) bond motifs is 1. The van der Waals surface area contributed by atoms with E-state index in [1.165, 1.54) is 0 Å². The molecule has 2 aromatic rings. The molecule has 3 heteroatoms. The Kier molecular flexibility index (Phi) is 3.79. The van der Waals surface area contributed by atoms with Gasteiger partial charge in [-0.05, 0) is 10.6 Å². The van der Waals surface area contributed by atoms with Crippen molar-refractivity contribution in [1.82, 2.24) is 4.98 Å². The number of benzene rings is 1. The molecule has 0 N–H and O–H groups in total. The Bertz CT molecular complexity index is 531. The van der Waals surface area contributed by atoms with Gasteiger partial charge >= 0.3 is 0 Å². The maximum atomic E-state index is 12.1. The number of hydrogen-bond acceptors (Lipinski definition) is 3. The van der Waals surface area contributed by atoms with Crippen molar-refractivity contribution >= 4 is 28.3 Å². The lowest BCUT2D eigenvalue weighted by molar-refractivity contribution is 0.102. The van der Waals surface area contributed by atoms with Crippen LogP contribution in [0.4, 0.5) is 0 Å². The third-order valence-corrected chi connectivity index (χ3v) is 3.61. The molecular formula is C14H15NOS. The van der Waals surface area contributed by atoms with Crippen molar-refractivity contribution < 1.29 is 4.79 Å². The standard InChI is InChI=1S/C14H15NOS/c1-10(2)17-9-14(16)13-8-15-7-11-5-3-4-6-12(11)13/h3-8,10H,9H2,1-2H3. The Morgan fingerprint density at radius 3 is 2.82 bits per heavy atom. The molecule has 0 aliphatic rings. The van der Waals surface area contributed by atoms with Crippen molar-refractivity contribution in [3.8, 4) is 0 Å². The minimum atomic E-state index is 0.160. The van der Waals surface area contributed by atoms with Gasteiger partial charge in [-0.25, -0.2) is 0 Å². The molecule has 1 heterocycles. The maximum absolute atomic E-state index is 12.1. The zero-order valence-corrected chi connectivity index (χ0v) is 10.8. The van der Waals surface area contributed by atoms with E-state index in [1.54, 1.807) is 24.2 Å². The third-order valence-electron chi connectivity index (χ3n) is 2.52. The highest BCUT2D eigenvalue weighted by Gasteiger charge is 2.11. The predicted octanol–water partition coefficient (Wildman–Crippen LogP) is 3.56. The summed E-state index contributed by atoms with van der Waals surface area (Å²) in [5.41, 5.74) is 0.733. The molecule has 0 saturated carbocycles. The van der Waals surface area contributed by atoms with Gasteiger partial charge in [-0.2, -0.15) is 11.8 Å². The summed E-state index contributed by atoms with van der Waals surface area (Å²) in [5, 5.41) is 2.49. The number of carbonyl (C=O) groups is 1. The highest BCUT2D eigenvalue weighted by atomic mass is 32.2. The van der Waals surface area contributed by atoms with E-state index in [0.717, 1.165) is 16.3 Å². The number of nitrogens with zero attached hydrogens (tertiary/aromatic N) is 1. The van der Waals surface area contributed by atoms with Crippen molar-refractivity contribution in [3.63, 3.8) is 0 Å². The maximum Gasteiger partial charge on any atom is 0.174 e. The predicted molar refractivity (Wildman–Crippen MR) is 73.7 cm³/mol. The number of rotatable bonds is 4. The van der Waals surface area contributed by atoms with E-state index in [1.807, 2.05) is 24.3 Å². The largest absolute Gasteiger partial charge is 0.293 e. The van der Waals surface area contributed by atoms with Gasteiger partial charge < -0.3 is 0 Å². The number of pyridine rings is 1. The van der Waals surface area contributed by atoms with Gasteiger partial charge in [0.1, 0.15) is 0 Å². The van der Waals surface area contributed by atoms with Crippen LogP contribution < -0.4 is 0 Å². The molecule has 88 valence electrons. The van der Waals surface area contributed by atoms with E-state index < -0.39 is 0 Å². The molecule has 1 aromatic carbocycles. The van der Waals surface area contributed by atoms with Crippen LogP contribution in [0.5, 0.6) is 0 Å². The van der Waals surface area contributed by atoms with E-state index in [-0.39, 0.29) is 5.78 Å². The zero-order chi connectivity index (χ0) is 12.3. The normalized spacial score (nSPS) is 11.0. The van der Waals surface area contributed by atoms with Crippen LogP contribution in [0, 0.1) is 0 Å². The first kappa shape index (κ1) is 12.1. The van der Waals surface area contributed by atoms with Crippen molar-refractivity contribution in [2.45, 2.75) is 19.1 Å². The summed E-state index contributed by atoms with van der Waals surface area (Å²) in [7, 11) is 0. The Balaban J connectivity index is 2.32. The molecule has 0 unspecified atom stereocenters. The van der Waals surface area contributed by atoms with Crippen LogP contribution in [0.3, 0.4) is 0 Å². The van der Waals surface area contributed by atoms with Crippen LogP contribution in [0.15, 0.2) is 36.7 Å². The first-order chi connectivity index (χ1) is 8.18. The fourth-order valence-electron chi connectivity index (χ4n) is 1.66. The van der Waals surface area contributed by atoms with Crippen LogP contribution in [0.1, 0.15) is 24.2 Å². The first-order valence-corrected chi connectivity index (χ1v) is 6.71. The minimum Gasteiger partial charge on any atom is -0.293 e. The zero-order valence-electron chi connectivity index (χ0n) is 10.0. The Morgan fingerprint density at radius 2 is 2.06 bits per heavy atom. The summed E-state index contributed by atoms with van der Waals surface area (Å²) in [4.78, 5) is 16.2. The Morgan fingerprint density at radius 1 is 1.29 bits per heavy atom. The summed E-state index contributed by atoms with van der Waals surface area (Å²) in [6.07, 6.45) is 3.47. The van der Waals surface area contributed by atoms with E-state index >= 15 is 0 Å². The molecule has 0 fully saturated rings. The molecule has 2 rings (SSSR count). The van der Waals surface area contributed by atoms with Crippen LogP contribution in [0.2, 0.25) is 0 Å². The van der Waals surface area contributed by atoms with Gasteiger partial charge in [0.05, 0.1) is 5.75 Å². The minimum absolute atomic E-state index is 0.160. The van der Waals surface area contributed by atoms with E-state index in [4.69, 9.17) is 0 Å². The number of carbonyl (C=O) groups excluding carboxylic acids is 1. The molecule has 0 radical (unpaired) electrons. The lowest BCUT2D eigenvalue weighted by Crippen LogP contribution is -2.06. The van der Waals surface area contributed by atoms with Gasteiger partial charge in [0.15, 0.2) is 5.78 Å². The van der Waals surface area contributed by atoms with Gasteiger partial charge in [0, 0.05) is 23.3 Å². The highest BCUT2D eigenvalue weighted by Crippen LogP contribution is 2.19. The van der Waals surface area contributed by atoms with Crippen molar-refractivity contribution in [2.24, 2.45) is 0 Å². The summed E-state index contributed by atoms with van der Waals surface area (Å²) in [6, 6.07) is 7.87. The third kappa shape index (κ3) is 2.86. The quantitative estimate of drug-likeness (QED) is 0.771. The van der Waals surface area contributed by atoms with Gasteiger partial charge in [-0.15, -0.1) is 0 Å². The average Bonchev–Trinajstić information content (AvgIpc) is 2.35. The monoisotopic (exact) mass is 245 g/mol. The van der Waals surface area contributed by atoms with Crippen LogP contribution in [-0.2, 0) is 0 Å². The molecule has 0 spiro atoms. The highest BCUT2D eigenvalue weighted by molar-refractivity contribution is 8.00. The van der Waals surface area contributed by atoms with Gasteiger partial charge in [0.2, 0.25) is 0 Å². The van der Waals surface area contributed by atoms with Crippen molar-refractivity contribution in [2.75, 3.05) is 5.75 Å². The number of thioether (sulfide) groups is 1. The molecule has 0 atom stereocenters. The molecule has 0 saturated heterocycles. The summed E-state index contributed by atoms with van der Waals surface area (Å²) in [5.74, 6) is 0.681. The number of ketones is 1. The summed E-state index contributed by atoms with van der Waals surface area (Å²) in [6.45, 7) is 4.19. The van der Waals surface area contributed by atoms with E-state index in [2.05, 4.69) is 18.8 Å². The topological polar surface area (TPSA) is 30.0 Å². The van der Waals surface area contributed by atoms with Gasteiger partial charge in [-0.1, -0.05) is 38.1 Å². The van der Waals surface area contributed by atoms with Crippen LogP contribution in [-0.4, -0.2) is 21.8 Å². The molecule has 0 aliphatic carbocycles. The first-order valence-electron chi connectivity index (χ1n) is 5.66. The molecule has 17 heavy (non-hydrogen) atoms. The summed E-state index contributed by atoms with van der Waals surface area (Å²) < 4.78 is 0. The summed E-state index contributed by atoms with van der Waals surface area (Å²) >= 11 is 1.67. The molecule has 0 aliphatic heterocycles. The molecule has 1 aromatic heterocycles. The Labute approximate surface area is 105 Å². The van der Waals surface area contributed by atoms with Crippen molar-refractivity contribution in [1.29, 1.82) is 0 Å². The Hall–Kier alpha value is -1.35. The number of Topliss-reactive ketones (excluding diaryl/α,β-unsaturated/α-hetero) is 1.